The van der Waals surface area contributed by atoms with Crippen molar-refractivity contribution in [2.24, 2.45) is 0 Å². The molecule has 0 saturated heterocycles. The van der Waals surface area contributed by atoms with Gasteiger partial charge in [-0.25, -0.2) is 4.68 Å². The van der Waals surface area contributed by atoms with Crippen LogP contribution >= 0.6 is 11.8 Å². The van der Waals surface area contributed by atoms with Gasteiger partial charge < -0.3 is 0 Å². The van der Waals surface area contributed by atoms with Crippen LogP contribution in [-0.4, -0.2) is 38.8 Å². The molecule has 36 heavy (non-hydrogen) atoms. The molecule has 1 aliphatic heterocycles. The molecule has 6 nitrogen and oxygen atoms in total. The zero-order chi connectivity index (χ0) is 25.7. The maximum atomic E-state index is 13.4. The van der Waals surface area contributed by atoms with Gasteiger partial charge in [0.25, 0.3) is 11.8 Å². The van der Waals surface area contributed by atoms with E-state index in [2.05, 4.69) is 19.1 Å². The molecule has 2 amide bonds. The maximum absolute atomic E-state index is 13.4. The third-order valence-corrected chi connectivity index (χ3v) is 6.96. The maximum Gasteiger partial charge on any atom is 0.271 e. The van der Waals surface area contributed by atoms with Crippen LogP contribution in [0.1, 0.15) is 39.2 Å². The fourth-order valence-electron chi connectivity index (χ4n) is 4.11. The van der Waals surface area contributed by atoms with E-state index >= 15 is 0 Å². The van der Waals surface area contributed by atoms with Crippen LogP contribution in [0, 0.1) is 11.3 Å². The lowest BCUT2D eigenvalue weighted by atomic mass is 9.93. The van der Waals surface area contributed by atoms with E-state index in [4.69, 9.17) is 5.10 Å². The number of nitrogens with zero attached hydrogens (tertiary/aromatic N) is 4. The van der Waals surface area contributed by atoms with Crippen LogP contribution in [0.3, 0.4) is 0 Å². The molecule has 182 valence electrons. The van der Waals surface area contributed by atoms with Crippen LogP contribution in [0.15, 0.2) is 82.4 Å². The Hall–Kier alpha value is -3.89. The van der Waals surface area contributed by atoms with Crippen LogP contribution < -0.4 is 0 Å². The highest BCUT2D eigenvalue weighted by atomic mass is 32.2. The van der Waals surface area contributed by atoms with Crippen molar-refractivity contribution in [3.63, 3.8) is 0 Å². The molecule has 0 N–H and O–H groups in total. The van der Waals surface area contributed by atoms with Gasteiger partial charge in [0, 0.05) is 34.3 Å². The average molecular weight is 497 g/mol. The van der Waals surface area contributed by atoms with Gasteiger partial charge in [-0.15, -0.1) is 11.8 Å². The van der Waals surface area contributed by atoms with Gasteiger partial charge in [0.05, 0.1) is 11.4 Å². The summed E-state index contributed by atoms with van der Waals surface area (Å²) in [4.78, 5) is 28.6. The first-order valence-corrected chi connectivity index (χ1v) is 13.0. The topological polar surface area (TPSA) is 79.0 Å². The van der Waals surface area contributed by atoms with Crippen molar-refractivity contribution in [3.05, 3.63) is 83.1 Å². The molecule has 4 rings (SSSR count). The number of hydrogen-bond donors (Lipinski definition) is 0. The number of carbonyl (C=O) groups excluding carboxylic acids is 2. The second-order valence-electron chi connectivity index (χ2n) is 8.46. The minimum Gasteiger partial charge on any atom is -0.274 e. The largest absolute Gasteiger partial charge is 0.274 e. The molecule has 0 aliphatic carbocycles. The van der Waals surface area contributed by atoms with E-state index in [0.717, 1.165) is 34.7 Å². The third kappa shape index (κ3) is 5.05. The molecule has 0 spiro atoms. The molecular weight excluding hydrogens is 468 g/mol. The smallest absolute Gasteiger partial charge is 0.271 e. The van der Waals surface area contributed by atoms with E-state index in [9.17, 15) is 14.9 Å². The molecule has 0 radical (unpaired) electrons. The Kier molecular flexibility index (Phi) is 7.87. The summed E-state index contributed by atoms with van der Waals surface area (Å²) in [5, 5.41) is 14.5. The molecule has 0 fully saturated rings. The number of amides is 2. The number of nitriles is 1. The molecule has 1 aliphatic rings. The number of aromatic nitrogens is 2. The number of benzene rings is 2. The lowest BCUT2D eigenvalue weighted by Crippen LogP contribution is -2.43. The molecule has 0 atom stereocenters. The molecule has 7 heteroatoms. The number of rotatable bonds is 8. The van der Waals surface area contributed by atoms with Gasteiger partial charge in [-0.05, 0) is 55.0 Å². The van der Waals surface area contributed by atoms with Crippen LogP contribution in [0.2, 0.25) is 0 Å². The Morgan fingerprint density at radius 2 is 1.75 bits per heavy atom. The van der Waals surface area contributed by atoms with Crippen molar-refractivity contribution in [1.82, 2.24) is 14.7 Å². The van der Waals surface area contributed by atoms with Gasteiger partial charge in [-0.1, -0.05) is 50.6 Å². The van der Waals surface area contributed by atoms with Crippen LogP contribution in [0.4, 0.5) is 0 Å². The Morgan fingerprint density at radius 3 is 2.39 bits per heavy atom. The number of hydrogen-bond acceptors (Lipinski definition) is 5. The quantitative estimate of drug-likeness (QED) is 0.216. The van der Waals surface area contributed by atoms with Crippen molar-refractivity contribution in [3.8, 4) is 23.0 Å². The SMILES string of the molecule is CCCCN1C(=O)C(C#N)=C(C)/C(=C\c2cn(-c3ccccc3)nc2-c2ccc(SCC)cc2)C1=O. The second-order valence-corrected chi connectivity index (χ2v) is 9.79. The van der Waals surface area contributed by atoms with Gasteiger partial charge in [0.1, 0.15) is 11.6 Å². The fourth-order valence-corrected chi connectivity index (χ4v) is 4.77. The summed E-state index contributed by atoms with van der Waals surface area (Å²) < 4.78 is 1.79. The standard InChI is InChI=1S/C29H28N4O2S/c1-4-6-16-32-28(34)25(20(3)26(18-30)29(32)35)17-22-19-33(23-10-8-7-9-11-23)31-27(22)21-12-14-24(15-13-21)36-5-2/h7-15,17,19H,4-6,16H2,1-3H3/b25-17+. The lowest BCUT2D eigenvalue weighted by Gasteiger charge is -2.27. The monoisotopic (exact) mass is 496 g/mol. The summed E-state index contributed by atoms with van der Waals surface area (Å²) in [5.41, 5.74) is 4.01. The highest BCUT2D eigenvalue weighted by molar-refractivity contribution is 7.99. The number of imide groups is 1. The van der Waals surface area contributed by atoms with E-state index in [0.29, 0.717) is 17.6 Å². The lowest BCUT2D eigenvalue weighted by molar-refractivity contribution is -0.140. The summed E-state index contributed by atoms with van der Waals surface area (Å²) >= 11 is 1.77. The van der Waals surface area contributed by atoms with Crippen LogP contribution in [-0.2, 0) is 9.59 Å². The highest BCUT2D eigenvalue weighted by Crippen LogP contribution is 2.32. The van der Waals surface area contributed by atoms with Crippen molar-refractivity contribution >= 4 is 29.7 Å². The number of unbranched alkanes of at least 4 members (excludes halogenated alkanes) is 1. The Balaban J connectivity index is 1.87. The summed E-state index contributed by atoms with van der Waals surface area (Å²) in [6.45, 7) is 6.06. The predicted molar refractivity (Wildman–Crippen MR) is 143 cm³/mol. The first-order valence-electron chi connectivity index (χ1n) is 12.1. The minimum atomic E-state index is -0.519. The molecule has 0 saturated carbocycles. The van der Waals surface area contributed by atoms with Gasteiger partial charge in [0.15, 0.2) is 0 Å². The molecule has 0 unspecified atom stereocenters. The third-order valence-electron chi connectivity index (χ3n) is 6.06. The molecule has 2 heterocycles. The number of para-hydroxylation sites is 1. The fraction of sp³-hybridized carbons (Fsp3) is 0.241. The highest BCUT2D eigenvalue weighted by Gasteiger charge is 2.35. The second kappa shape index (κ2) is 11.2. The van der Waals surface area contributed by atoms with E-state index in [1.807, 2.05) is 61.7 Å². The van der Waals surface area contributed by atoms with Gasteiger partial charge in [0.2, 0.25) is 0 Å². The van der Waals surface area contributed by atoms with Crippen molar-refractivity contribution in [2.45, 2.75) is 38.5 Å². The van der Waals surface area contributed by atoms with Gasteiger partial charge in [-0.3, -0.25) is 14.5 Å². The zero-order valence-electron chi connectivity index (χ0n) is 20.7. The Labute approximate surface area is 215 Å². The molecule has 0 bridgehead atoms. The van der Waals surface area contributed by atoms with Crippen molar-refractivity contribution in [2.75, 3.05) is 12.3 Å². The molecule has 2 aromatic carbocycles. The Morgan fingerprint density at radius 1 is 1.03 bits per heavy atom. The van der Waals surface area contributed by atoms with Crippen LogP contribution in [0.25, 0.3) is 23.0 Å². The normalized spacial score (nSPS) is 15.1. The predicted octanol–water partition coefficient (Wildman–Crippen LogP) is 6.04. The Bertz CT molecular complexity index is 1380. The van der Waals surface area contributed by atoms with E-state index in [1.54, 1.807) is 29.4 Å². The summed E-state index contributed by atoms with van der Waals surface area (Å²) in [7, 11) is 0. The van der Waals surface area contributed by atoms with Crippen LogP contribution in [0.5, 0.6) is 0 Å². The van der Waals surface area contributed by atoms with Crippen molar-refractivity contribution < 1.29 is 9.59 Å². The van der Waals surface area contributed by atoms with E-state index in [1.165, 1.54) is 9.80 Å². The number of carbonyl (C=O) groups is 2. The number of thioether (sulfide) groups is 1. The summed E-state index contributed by atoms with van der Waals surface area (Å²) in [6, 6.07) is 20.0. The first kappa shape index (κ1) is 25.2. The van der Waals surface area contributed by atoms with Gasteiger partial charge >= 0.3 is 0 Å². The molecular formula is C29H28N4O2S. The van der Waals surface area contributed by atoms with Gasteiger partial charge in [-0.2, -0.15) is 10.4 Å². The first-order chi connectivity index (χ1) is 17.5. The van der Waals surface area contributed by atoms with E-state index < -0.39 is 5.91 Å². The molecule has 1 aromatic heterocycles. The zero-order valence-corrected chi connectivity index (χ0v) is 21.5. The summed E-state index contributed by atoms with van der Waals surface area (Å²) in [6.07, 6.45) is 5.16. The summed E-state index contributed by atoms with van der Waals surface area (Å²) in [5.74, 6) is 0.0921. The van der Waals surface area contributed by atoms with E-state index in [-0.39, 0.29) is 18.0 Å². The molecule has 3 aromatic rings. The average Bonchev–Trinajstić information content (AvgIpc) is 3.32. The van der Waals surface area contributed by atoms with Crippen molar-refractivity contribution in [1.29, 1.82) is 5.26 Å². The minimum absolute atomic E-state index is 0.00916.